The fraction of sp³-hybridized carbons (Fsp3) is 0.550. The van der Waals surface area contributed by atoms with E-state index in [1.54, 1.807) is 11.8 Å². The molecule has 0 bridgehead atoms. The van der Waals surface area contributed by atoms with E-state index in [1.807, 2.05) is 0 Å². The van der Waals surface area contributed by atoms with E-state index in [1.165, 1.54) is 12.4 Å². The topological polar surface area (TPSA) is 118 Å². The van der Waals surface area contributed by atoms with Crippen molar-refractivity contribution in [2.45, 2.75) is 38.1 Å². The van der Waals surface area contributed by atoms with Crippen molar-refractivity contribution in [2.75, 3.05) is 37.0 Å². The molecule has 2 amide bonds. The number of alkyl halides is 3. The Labute approximate surface area is 198 Å². The molecule has 9 nitrogen and oxygen atoms in total. The highest BCUT2D eigenvalue weighted by atomic mass is 32.2. The number of sulfone groups is 1. The summed E-state index contributed by atoms with van der Waals surface area (Å²) >= 11 is 0.818. The molecule has 34 heavy (non-hydrogen) atoms. The summed E-state index contributed by atoms with van der Waals surface area (Å²) in [6, 6.07) is 0.354. The maximum Gasteiger partial charge on any atom is 0.417 e. The number of pyridine rings is 1. The number of nitrogens with zero attached hydrogens (tertiary/aromatic N) is 2. The van der Waals surface area contributed by atoms with Crippen LogP contribution in [0.4, 0.5) is 23.8 Å². The fourth-order valence-corrected chi connectivity index (χ4v) is 5.76. The van der Waals surface area contributed by atoms with Crippen molar-refractivity contribution in [1.82, 2.24) is 15.6 Å². The van der Waals surface area contributed by atoms with Gasteiger partial charge in [-0.2, -0.15) is 13.2 Å². The van der Waals surface area contributed by atoms with E-state index in [9.17, 15) is 31.2 Å². The summed E-state index contributed by atoms with van der Waals surface area (Å²) in [6.45, 7) is 2.11. The van der Waals surface area contributed by atoms with E-state index >= 15 is 0 Å². The molecule has 2 aromatic heterocycles. The Morgan fingerprint density at radius 2 is 1.97 bits per heavy atom. The normalized spacial score (nSPS) is 16.4. The average Bonchev–Trinajstić information content (AvgIpc) is 3.14. The molecule has 1 atom stereocenters. The van der Waals surface area contributed by atoms with Crippen molar-refractivity contribution in [3.05, 3.63) is 22.6 Å². The molecule has 0 radical (unpaired) electrons. The molecule has 1 saturated heterocycles. The number of nitrogens with one attached hydrogen (secondary N) is 2. The minimum atomic E-state index is -4.62. The summed E-state index contributed by atoms with van der Waals surface area (Å²) in [6.07, 6.45) is -4.09. The van der Waals surface area contributed by atoms with Crippen LogP contribution in [-0.4, -0.2) is 69.7 Å². The summed E-state index contributed by atoms with van der Waals surface area (Å²) in [5.74, 6) is -0.656. The third kappa shape index (κ3) is 6.29. The molecule has 0 aliphatic carbocycles. The number of carbonyl (C=O) groups excluding carboxylic acids is 2. The maximum absolute atomic E-state index is 13.7. The van der Waals surface area contributed by atoms with E-state index < -0.39 is 45.7 Å². The Kier molecular flexibility index (Phi) is 7.60. The van der Waals surface area contributed by atoms with Gasteiger partial charge in [0.15, 0.2) is 0 Å². The molecular weight excluding hydrogens is 497 g/mol. The van der Waals surface area contributed by atoms with Crippen LogP contribution in [0.1, 0.15) is 35.7 Å². The summed E-state index contributed by atoms with van der Waals surface area (Å²) in [5, 5.41) is 6.23. The van der Waals surface area contributed by atoms with Gasteiger partial charge < -0.3 is 20.3 Å². The Morgan fingerprint density at radius 1 is 1.32 bits per heavy atom. The van der Waals surface area contributed by atoms with Crippen LogP contribution in [0.5, 0.6) is 0 Å². The van der Waals surface area contributed by atoms with Gasteiger partial charge in [-0.3, -0.25) is 4.79 Å². The van der Waals surface area contributed by atoms with Crippen molar-refractivity contribution < 1.29 is 35.9 Å². The lowest BCUT2D eigenvalue weighted by atomic mass is 10.1. The van der Waals surface area contributed by atoms with E-state index in [-0.39, 0.29) is 40.4 Å². The zero-order valence-corrected chi connectivity index (χ0v) is 20.4. The number of ether oxygens (including phenoxy) is 1. The van der Waals surface area contributed by atoms with Crippen molar-refractivity contribution in [3.63, 3.8) is 0 Å². The minimum absolute atomic E-state index is 0.00760. The number of thiophene rings is 1. The number of rotatable bonds is 6. The maximum atomic E-state index is 13.7. The zero-order chi connectivity index (χ0) is 25.3. The third-order valence-corrected chi connectivity index (χ3v) is 7.35. The molecule has 3 heterocycles. The number of halogens is 3. The first-order valence-electron chi connectivity index (χ1n) is 10.4. The number of alkyl carbamates (subject to hydrolysis) is 1. The largest absolute Gasteiger partial charge is 0.446 e. The van der Waals surface area contributed by atoms with Crippen LogP contribution in [0.25, 0.3) is 10.2 Å². The lowest BCUT2D eigenvalue weighted by molar-refractivity contribution is -0.136. The van der Waals surface area contributed by atoms with Gasteiger partial charge in [-0.15, -0.1) is 11.3 Å². The van der Waals surface area contributed by atoms with E-state index in [0.29, 0.717) is 12.8 Å². The van der Waals surface area contributed by atoms with Crippen molar-refractivity contribution in [3.8, 4) is 0 Å². The molecular formula is C20H25F3N4O5S2. The Balaban J connectivity index is 1.72. The molecule has 14 heteroatoms. The number of fused-ring (bicyclic) bond motifs is 1. The molecule has 2 N–H and O–H groups in total. The molecule has 0 spiro atoms. The lowest BCUT2D eigenvalue weighted by Gasteiger charge is -2.33. The van der Waals surface area contributed by atoms with Gasteiger partial charge in [0.25, 0.3) is 5.91 Å². The Bertz CT molecular complexity index is 1170. The number of amides is 2. The van der Waals surface area contributed by atoms with E-state index in [0.717, 1.165) is 23.7 Å². The number of carbonyl (C=O) groups is 2. The van der Waals surface area contributed by atoms with Crippen LogP contribution >= 0.6 is 11.3 Å². The minimum Gasteiger partial charge on any atom is -0.446 e. The quantitative estimate of drug-likeness (QED) is 0.599. The second-order valence-electron chi connectivity index (χ2n) is 8.16. The van der Waals surface area contributed by atoms with Crippen LogP contribution in [0.3, 0.4) is 0 Å². The number of piperidine rings is 1. The SMILES string of the molecule is CNC(=O)c1csc2c(C(F)(F)F)cc(N3CCC(OC(=O)N[C@@H](C)CS(C)(=O)=O)CC3)nc12. The summed E-state index contributed by atoms with van der Waals surface area (Å²) < 4.78 is 69.0. The highest BCUT2D eigenvalue weighted by molar-refractivity contribution is 7.90. The zero-order valence-electron chi connectivity index (χ0n) is 18.7. The Morgan fingerprint density at radius 3 is 2.53 bits per heavy atom. The van der Waals surface area contributed by atoms with Crippen molar-refractivity contribution >= 4 is 49.2 Å². The van der Waals surface area contributed by atoms with E-state index in [2.05, 4.69) is 15.6 Å². The molecule has 3 rings (SSSR count). The van der Waals surface area contributed by atoms with Gasteiger partial charge in [0.2, 0.25) is 0 Å². The van der Waals surface area contributed by atoms with Crippen LogP contribution in [-0.2, 0) is 20.8 Å². The van der Waals surface area contributed by atoms with Crippen LogP contribution < -0.4 is 15.5 Å². The van der Waals surface area contributed by atoms with Gasteiger partial charge in [-0.1, -0.05) is 0 Å². The highest BCUT2D eigenvalue weighted by Crippen LogP contribution is 2.40. The molecule has 1 fully saturated rings. The molecule has 1 aliphatic heterocycles. The first-order chi connectivity index (χ1) is 15.8. The number of hydrogen-bond donors (Lipinski definition) is 2. The van der Waals surface area contributed by atoms with Crippen molar-refractivity contribution in [2.24, 2.45) is 0 Å². The van der Waals surface area contributed by atoms with Crippen molar-refractivity contribution in [1.29, 1.82) is 0 Å². The Hall–Kier alpha value is -2.61. The summed E-state index contributed by atoms with van der Waals surface area (Å²) in [5.41, 5.74) is -0.787. The number of anilines is 1. The third-order valence-electron chi connectivity index (χ3n) is 5.24. The van der Waals surface area contributed by atoms with E-state index in [4.69, 9.17) is 4.74 Å². The lowest BCUT2D eigenvalue weighted by Crippen LogP contribution is -2.43. The number of aromatic nitrogens is 1. The molecule has 0 saturated carbocycles. The first kappa shape index (κ1) is 26.0. The average molecular weight is 523 g/mol. The summed E-state index contributed by atoms with van der Waals surface area (Å²) in [7, 11) is -1.87. The predicted molar refractivity (Wildman–Crippen MR) is 122 cm³/mol. The van der Waals surface area contributed by atoms with Gasteiger partial charge in [0.05, 0.1) is 27.1 Å². The molecule has 1 aliphatic rings. The predicted octanol–water partition coefficient (Wildman–Crippen LogP) is 2.80. The molecule has 0 unspecified atom stereocenters. The van der Waals surface area contributed by atoms with Gasteiger partial charge in [0.1, 0.15) is 21.8 Å². The first-order valence-corrected chi connectivity index (χ1v) is 13.3. The van der Waals surface area contributed by atoms with Gasteiger partial charge in [0, 0.05) is 50.7 Å². The highest BCUT2D eigenvalue weighted by Gasteiger charge is 2.36. The smallest absolute Gasteiger partial charge is 0.417 e. The van der Waals surface area contributed by atoms with Crippen LogP contribution in [0.15, 0.2) is 11.4 Å². The second kappa shape index (κ2) is 9.94. The number of hydrogen-bond acceptors (Lipinski definition) is 8. The fourth-order valence-electron chi connectivity index (χ4n) is 3.75. The van der Waals surface area contributed by atoms with Gasteiger partial charge >= 0.3 is 12.3 Å². The molecule has 0 aromatic carbocycles. The standard InChI is InChI=1S/C20H25F3N4O5S2/c1-11(10-34(3,30)31)25-19(29)32-12-4-6-27(7-5-12)15-8-14(20(21,22)23)17-16(26-15)13(9-33-17)18(28)24-2/h8-9,11-12H,4-7,10H2,1-3H3,(H,24,28)(H,25,29)/t11-/m0/s1. The summed E-state index contributed by atoms with van der Waals surface area (Å²) in [4.78, 5) is 30.2. The molecule has 2 aromatic rings. The van der Waals surface area contributed by atoms with Crippen LogP contribution in [0.2, 0.25) is 0 Å². The van der Waals surface area contributed by atoms with Crippen LogP contribution in [0, 0.1) is 0 Å². The second-order valence-corrected chi connectivity index (χ2v) is 11.2. The molecule has 188 valence electrons. The van der Waals surface area contributed by atoms with Gasteiger partial charge in [-0.25, -0.2) is 18.2 Å². The van der Waals surface area contributed by atoms with Gasteiger partial charge in [-0.05, 0) is 13.0 Å². The monoisotopic (exact) mass is 522 g/mol.